The molecule has 2 N–H and O–H groups in total. The lowest BCUT2D eigenvalue weighted by Gasteiger charge is -2.14. The fourth-order valence-corrected chi connectivity index (χ4v) is 1.29. The molecule has 0 aromatic carbocycles. The summed E-state index contributed by atoms with van der Waals surface area (Å²) in [7, 11) is 0. The van der Waals surface area contributed by atoms with E-state index in [0.29, 0.717) is 0 Å². The van der Waals surface area contributed by atoms with Gasteiger partial charge in [0.05, 0.1) is 12.0 Å². The zero-order valence-electron chi connectivity index (χ0n) is 8.50. The molecule has 0 aliphatic heterocycles. The molecular formula is C9H6F5NO3. The zero-order chi connectivity index (χ0) is 14.1. The highest BCUT2D eigenvalue weighted by Gasteiger charge is 2.37. The Labute approximate surface area is 96.7 Å². The van der Waals surface area contributed by atoms with Crippen molar-refractivity contribution in [2.75, 3.05) is 0 Å². The molecule has 0 atom stereocenters. The molecule has 100 valence electrons. The van der Waals surface area contributed by atoms with E-state index >= 15 is 0 Å². The van der Waals surface area contributed by atoms with Crippen LogP contribution < -0.4 is 0 Å². The molecule has 0 saturated carbocycles. The van der Waals surface area contributed by atoms with Crippen LogP contribution in [0.5, 0.6) is 5.75 Å². The molecule has 0 amide bonds. The fraction of sp³-hybridized carbons (Fsp3) is 0.333. The second-order valence-corrected chi connectivity index (χ2v) is 3.25. The Morgan fingerprint density at radius 1 is 1.39 bits per heavy atom. The Bertz CT molecular complexity index is 472. The number of carbonyl (C=O) groups is 1. The Kier molecular flexibility index (Phi) is 3.73. The number of halogens is 5. The number of carboxylic acids is 1. The van der Waals surface area contributed by atoms with E-state index in [2.05, 4.69) is 4.98 Å². The Balaban J connectivity index is 3.46. The maximum atomic E-state index is 12.5. The second-order valence-electron chi connectivity index (χ2n) is 3.25. The fourth-order valence-electron chi connectivity index (χ4n) is 1.29. The van der Waals surface area contributed by atoms with Crippen molar-refractivity contribution in [2.24, 2.45) is 0 Å². The van der Waals surface area contributed by atoms with Crippen molar-refractivity contribution < 1.29 is 37.0 Å². The first-order valence-corrected chi connectivity index (χ1v) is 4.42. The summed E-state index contributed by atoms with van der Waals surface area (Å²) in [6, 6.07) is 0. The van der Waals surface area contributed by atoms with E-state index in [4.69, 9.17) is 5.11 Å². The Morgan fingerprint density at radius 2 is 1.94 bits per heavy atom. The summed E-state index contributed by atoms with van der Waals surface area (Å²) in [5.74, 6) is -3.13. The van der Waals surface area contributed by atoms with E-state index < -0.39 is 47.6 Å². The topological polar surface area (TPSA) is 70.4 Å². The van der Waals surface area contributed by atoms with Gasteiger partial charge in [0, 0.05) is 11.8 Å². The van der Waals surface area contributed by atoms with Gasteiger partial charge in [0.1, 0.15) is 11.4 Å². The summed E-state index contributed by atoms with van der Waals surface area (Å²) < 4.78 is 62.1. The van der Waals surface area contributed by atoms with E-state index in [1.807, 2.05) is 0 Å². The quantitative estimate of drug-likeness (QED) is 0.828. The summed E-state index contributed by atoms with van der Waals surface area (Å²) in [5.41, 5.74) is -3.95. The second kappa shape index (κ2) is 4.75. The lowest BCUT2D eigenvalue weighted by molar-refractivity contribution is -0.140. The minimum atomic E-state index is -4.99. The molecule has 0 bridgehead atoms. The first-order chi connectivity index (χ1) is 8.14. The highest BCUT2D eigenvalue weighted by atomic mass is 19.4. The van der Waals surface area contributed by atoms with Crippen LogP contribution in [0.15, 0.2) is 6.20 Å². The molecule has 1 aromatic rings. The molecule has 4 nitrogen and oxygen atoms in total. The van der Waals surface area contributed by atoms with Crippen molar-refractivity contribution in [1.82, 2.24) is 4.98 Å². The van der Waals surface area contributed by atoms with Crippen LogP contribution in [0.3, 0.4) is 0 Å². The summed E-state index contributed by atoms with van der Waals surface area (Å²) in [4.78, 5) is 13.2. The van der Waals surface area contributed by atoms with Crippen LogP contribution >= 0.6 is 0 Å². The lowest BCUT2D eigenvalue weighted by atomic mass is 10.0. The van der Waals surface area contributed by atoms with Crippen molar-refractivity contribution in [3.8, 4) is 5.75 Å². The predicted molar refractivity (Wildman–Crippen MR) is 47.2 cm³/mol. The number of carboxylic acid groups (broad SMARTS) is 1. The van der Waals surface area contributed by atoms with Gasteiger partial charge in [0.2, 0.25) is 0 Å². The van der Waals surface area contributed by atoms with Gasteiger partial charge in [-0.2, -0.15) is 13.2 Å². The van der Waals surface area contributed by atoms with Crippen molar-refractivity contribution in [1.29, 1.82) is 0 Å². The average molecular weight is 271 g/mol. The highest BCUT2D eigenvalue weighted by Crippen LogP contribution is 2.38. The summed E-state index contributed by atoms with van der Waals surface area (Å²) >= 11 is 0. The van der Waals surface area contributed by atoms with E-state index in [1.54, 1.807) is 0 Å². The van der Waals surface area contributed by atoms with E-state index in [-0.39, 0.29) is 6.20 Å². The van der Waals surface area contributed by atoms with Crippen LogP contribution in [0.4, 0.5) is 22.0 Å². The molecule has 0 aliphatic rings. The van der Waals surface area contributed by atoms with Gasteiger partial charge in [-0.25, -0.2) is 8.78 Å². The molecule has 1 rings (SSSR count). The summed E-state index contributed by atoms with van der Waals surface area (Å²) in [5, 5.41) is 17.7. The van der Waals surface area contributed by atoms with Gasteiger partial charge in [-0.15, -0.1) is 0 Å². The number of rotatable bonds is 3. The summed E-state index contributed by atoms with van der Waals surface area (Å²) in [6.07, 6.45) is -9.45. The third-order valence-electron chi connectivity index (χ3n) is 2.03. The van der Waals surface area contributed by atoms with Crippen molar-refractivity contribution >= 4 is 5.97 Å². The third kappa shape index (κ3) is 2.84. The molecule has 0 unspecified atom stereocenters. The SMILES string of the molecule is O=C(O)Cc1c(C(F)(F)F)cnc(C(F)F)c1O. The number of pyridine rings is 1. The first-order valence-electron chi connectivity index (χ1n) is 4.42. The summed E-state index contributed by atoms with van der Waals surface area (Å²) in [6.45, 7) is 0. The smallest absolute Gasteiger partial charge is 0.418 e. The Hall–Kier alpha value is -1.93. The number of aromatic hydroxyl groups is 1. The van der Waals surface area contributed by atoms with Gasteiger partial charge < -0.3 is 10.2 Å². The van der Waals surface area contributed by atoms with Crippen molar-refractivity contribution in [2.45, 2.75) is 19.0 Å². The standard InChI is InChI=1S/C9H6F5NO3/c10-8(11)6-7(18)3(1-5(16)17)4(2-15-6)9(12,13)14/h2,8,18H,1H2,(H,16,17). The van der Waals surface area contributed by atoms with Gasteiger partial charge >= 0.3 is 12.1 Å². The van der Waals surface area contributed by atoms with Gasteiger partial charge in [0.25, 0.3) is 6.43 Å². The number of hydrogen-bond acceptors (Lipinski definition) is 3. The number of aliphatic carboxylic acids is 1. The van der Waals surface area contributed by atoms with Gasteiger partial charge in [-0.3, -0.25) is 9.78 Å². The minimum Gasteiger partial charge on any atom is -0.505 e. The zero-order valence-corrected chi connectivity index (χ0v) is 8.50. The molecule has 1 aromatic heterocycles. The van der Waals surface area contributed by atoms with Gasteiger partial charge in [-0.05, 0) is 0 Å². The number of alkyl halides is 5. The van der Waals surface area contributed by atoms with Crippen molar-refractivity contribution in [3.05, 3.63) is 23.0 Å². The maximum absolute atomic E-state index is 12.5. The normalized spacial score (nSPS) is 11.9. The first kappa shape index (κ1) is 14.1. The molecule has 1 heterocycles. The van der Waals surface area contributed by atoms with Gasteiger partial charge in [-0.1, -0.05) is 0 Å². The molecule has 0 radical (unpaired) electrons. The molecule has 0 fully saturated rings. The number of aromatic nitrogens is 1. The third-order valence-corrected chi connectivity index (χ3v) is 2.03. The maximum Gasteiger partial charge on any atom is 0.418 e. The Morgan fingerprint density at radius 3 is 2.33 bits per heavy atom. The molecule has 0 spiro atoms. The van der Waals surface area contributed by atoms with E-state index in [1.165, 1.54) is 0 Å². The minimum absolute atomic E-state index is 0.0828. The number of hydrogen-bond donors (Lipinski definition) is 2. The van der Waals surface area contributed by atoms with Crippen LogP contribution in [-0.2, 0) is 17.4 Å². The molecular weight excluding hydrogens is 265 g/mol. The predicted octanol–water partition coefficient (Wildman–Crippen LogP) is 2.37. The van der Waals surface area contributed by atoms with Crippen LogP contribution in [-0.4, -0.2) is 21.2 Å². The van der Waals surface area contributed by atoms with Crippen LogP contribution in [0.1, 0.15) is 23.2 Å². The molecule has 18 heavy (non-hydrogen) atoms. The van der Waals surface area contributed by atoms with Crippen LogP contribution in [0, 0.1) is 0 Å². The van der Waals surface area contributed by atoms with Crippen LogP contribution in [0.2, 0.25) is 0 Å². The molecule has 0 aliphatic carbocycles. The van der Waals surface area contributed by atoms with E-state index in [9.17, 15) is 31.9 Å². The average Bonchev–Trinajstić information content (AvgIpc) is 2.17. The lowest BCUT2D eigenvalue weighted by Crippen LogP contribution is -2.14. The highest BCUT2D eigenvalue weighted by molar-refractivity contribution is 5.72. The van der Waals surface area contributed by atoms with Crippen molar-refractivity contribution in [3.63, 3.8) is 0 Å². The molecule has 9 heteroatoms. The monoisotopic (exact) mass is 271 g/mol. The largest absolute Gasteiger partial charge is 0.505 e. The van der Waals surface area contributed by atoms with Gasteiger partial charge in [0.15, 0.2) is 0 Å². The number of nitrogens with zero attached hydrogens (tertiary/aromatic N) is 1. The molecule has 0 saturated heterocycles. The van der Waals surface area contributed by atoms with E-state index in [0.717, 1.165) is 0 Å². The van der Waals surface area contributed by atoms with Crippen LogP contribution in [0.25, 0.3) is 0 Å².